The Morgan fingerprint density at radius 2 is 1.83 bits per heavy atom. The summed E-state index contributed by atoms with van der Waals surface area (Å²) in [5, 5.41) is 3.62. The first-order valence-electron chi connectivity index (χ1n) is 9.21. The molecule has 2 aromatic heterocycles. The molecule has 0 radical (unpaired) electrons. The Labute approximate surface area is 182 Å². The Morgan fingerprint density at radius 1 is 1.10 bits per heavy atom. The van der Waals surface area contributed by atoms with Crippen LogP contribution in [-0.2, 0) is 6.54 Å². The third kappa shape index (κ3) is 4.04. The molecule has 0 fully saturated rings. The van der Waals surface area contributed by atoms with Gasteiger partial charge in [0.1, 0.15) is 10.6 Å². The van der Waals surface area contributed by atoms with E-state index in [-0.39, 0.29) is 12.1 Å². The molecule has 0 atom stereocenters. The highest BCUT2D eigenvalue weighted by molar-refractivity contribution is 7.17. The quantitative estimate of drug-likeness (QED) is 0.351. The molecule has 0 N–H and O–H groups in total. The molecule has 0 aliphatic heterocycles. The summed E-state index contributed by atoms with van der Waals surface area (Å²) in [5.74, 6) is 0.819. The van der Waals surface area contributed by atoms with E-state index < -0.39 is 0 Å². The lowest BCUT2D eigenvalue weighted by atomic mass is 10.1. The fourth-order valence-electron chi connectivity index (χ4n) is 3.10. The average molecular weight is 445 g/mol. The summed E-state index contributed by atoms with van der Waals surface area (Å²) in [6, 6.07) is 13.1. The van der Waals surface area contributed by atoms with E-state index in [1.165, 1.54) is 11.3 Å². The molecule has 4 aromatic rings. The molecule has 29 heavy (non-hydrogen) atoms. The van der Waals surface area contributed by atoms with Crippen LogP contribution >= 0.6 is 34.5 Å². The SMILES string of the molecule is CCCOc1ccc(-c2csc3ncn(Cc4c(Cl)cccc4Cl)c(=O)c23)cc1. The lowest BCUT2D eigenvalue weighted by Gasteiger charge is -2.10. The molecule has 0 saturated carbocycles. The third-order valence-corrected chi connectivity index (χ3v) is 6.18. The van der Waals surface area contributed by atoms with Crippen LogP contribution in [-0.4, -0.2) is 16.2 Å². The van der Waals surface area contributed by atoms with Crippen molar-refractivity contribution >= 4 is 44.8 Å². The van der Waals surface area contributed by atoms with E-state index in [4.69, 9.17) is 27.9 Å². The number of nitrogens with zero attached hydrogens (tertiary/aromatic N) is 2. The Bertz CT molecular complexity index is 1200. The zero-order valence-corrected chi connectivity index (χ0v) is 18.0. The number of hydrogen-bond acceptors (Lipinski definition) is 4. The molecule has 0 spiro atoms. The topological polar surface area (TPSA) is 44.1 Å². The molecular formula is C22H18Cl2N2O2S. The van der Waals surface area contributed by atoms with Crippen LogP contribution in [0.2, 0.25) is 10.0 Å². The van der Waals surface area contributed by atoms with Gasteiger partial charge in [-0.25, -0.2) is 4.98 Å². The molecule has 0 amide bonds. The first-order valence-corrected chi connectivity index (χ1v) is 10.8. The predicted molar refractivity (Wildman–Crippen MR) is 121 cm³/mol. The van der Waals surface area contributed by atoms with Crippen molar-refractivity contribution in [3.8, 4) is 16.9 Å². The second-order valence-corrected chi connectivity index (χ2v) is 8.25. The monoisotopic (exact) mass is 444 g/mol. The van der Waals surface area contributed by atoms with E-state index in [0.29, 0.717) is 32.4 Å². The lowest BCUT2D eigenvalue weighted by Crippen LogP contribution is -2.21. The number of ether oxygens (including phenoxy) is 1. The number of thiophene rings is 1. The molecular weight excluding hydrogens is 427 g/mol. The van der Waals surface area contributed by atoms with Gasteiger partial charge in [-0.3, -0.25) is 9.36 Å². The second-order valence-electron chi connectivity index (χ2n) is 6.58. The summed E-state index contributed by atoms with van der Waals surface area (Å²) in [5.41, 5.74) is 2.40. The molecule has 0 unspecified atom stereocenters. The lowest BCUT2D eigenvalue weighted by molar-refractivity contribution is 0.317. The Hall–Kier alpha value is -2.34. The van der Waals surface area contributed by atoms with Gasteiger partial charge in [0.25, 0.3) is 5.56 Å². The van der Waals surface area contributed by atoms with Crippen molar-refractivity contribution in [3.63, 3.8) is 0 Å². The molecule has 148 valence electrons. The van der Waals surface area contributed by atoms with Crippen LogP contribution in [0.4, 0.5) is 0 Å². The number of fused-ring (bicyclic) bond motifs is 1. The minimum Gasteiger partial charge on any atom is -0.494 e. The van der Waals surface area contributed by atoms with Crippen LogP contribution in [0, 0.1) is 0 Å². The summed E-state index contributed by atoms with van der Waals surface area (Å²) < 4.78 is 7.19. The van der Waals surface area contributed by atoms with Crippen molar-refractivity contribution in [2.75, 3.05) is 6.61 Å². The van der Waals surface area contributed by atoms with Crippen molar-refractivity contribution in [1.82, 2.24) is 9.55 Å². The maximum atomic E-state index is 13.2. The summed E-state index contributed by atoms with van der Waals surface area (Å²) >= 11 is 14.0. The van der Waals surface area contributed by atoms with Gasteiger partial charge in [0.2, 0.25) is 0 Å². The summed E-state index contributed by atoms with van der Waals surface area (Å²) in [7, 11) is 0. The van der Waals surface area contributed by atoms with Crippen LogP contribution in [0.5, 0.6) is 5.75 Å². The maximum Gasteiger partial charge on any atom is 0.263 e. The minimum atomic E-state index is -0.117. The Morgan fingerprint density at radius 3 is 2.52 bits per heavy atom. The smallest absolute Gasteiger partial charge is 0.263 e. The van der Waals surface area contributed by atoms with Gasteiger partial charge in [-0.1, -0.05) is 48.3 Å². The van der Waals surface area contributed by atoms with E-state index in [1.54, 1.807) is 29.1 Å². The Balaban J connectivity index is 1.74. The van der Waals surface area contributed by atoms with Gasteiger partial charge < -0.3 is 4.74 Å². The van der Waals surface area contributed by atoms with Crippen molar-refractivity contribution in [2.24, 2.45) is 0 Å². The van der Waals surface area contributed by atoms with Crippen LogP contribution in [0.3, 0.4) is 0 Å². The third-order valence-electron chi connectivity index (χ3n) is 4.59. The molecule has 4 nitrogen and oxygen atoms in total. The van der Waals surface area contributed by atoms with Crippen LogP contribution < -0.4 is 10.3 Å². The zero-order chi connectivity index (χ0) is 20.4. The van der Waals surface area contributed by atoms with Gasteiger partial charge in [-0.05, 0) is 36.2 Å². The largest absolute Gasteiger partial charge is 0.494 e. The number of hydrogen-bond donors (Lipinski definition) is 0. The standard InChI is InChI=1S/C22H18Cl2N2O2S/c1-2-10-28-15-8-6-14(7-9-15)17-12-29-21-20(17)22(27)26(13-25-21)11-16-18(23)4-3-5-19(16)24/h3-9,12-13H,2,10-11H2,1H3. The van der Waals surface area contributed by atoms with E-state index in [0.717, 1.165) is 23.3 Å². The van der Waals surface area contributed by atoms with Gasteiger partial charge in [0, 0.05) is 26.6 Å². The van der Waals surface area contributed by atoms with Gasteiger partial charge >= 0.3 is 0 Å². The fourth-order valence-corrected chi connectivity index (χ4v) is 4.52. The van der Waals surface area contributed by atoms with Gasteiger partial charge in [0.15, 0.2) is 0 Å². The average Bonchev–Trinajstić information content (AvgIpc) is 3.16. The first kappa shape index (κ1) is 20.0. The van der Waals surface area contributed by atoms with E-state index in [1.807, 2.05) is 29.6 Å². The van der Waals surface area contributed by atoms with E-state index in [9.17, 15) is 4.79 Å². The normalized spacial score (nSPS) is 11.1. The maximum absolute atomic E-state index is 13.2. The van der Waals surface area contributed by atoms with Crippen LogP contribution in [0.15, 0.2) is 59.0 Å². The van der Waals surface area contributed by atoms with Crippen LogP contribution in [0.25, 0.3) is 21.3 Å². The highest BCUT2D eigenvalue weighted by atomic mass is 35.5. The van der Waals surface area contributed by atoms with Crippen molar-refractivity contribution in [1.29, 1.82) is 0 Å². The van der Waals surface area contributed by atoms with Gasteiger partial charge in [-0.2, -0.15) is 0 Å². The molecule has 0 bridgehead atoms. The number of aromatic nitrogens is 2. The van der Waals surface area contributed by atoms with Gasteiger partial charge in [0.05, 0.1) is 24.9 Å². The minimum absolute atomic E-state index is 0.117. The summed E-state index contributed by atoms with van der Waals surface area (Å²) in [6.45, 7) is 3.01. The van der Waals surface area contributed by atoms with Gasteiger partial charge in [-0.15, -0.1) is 11.3 Å². The number of rotatable bonds is 6. The fraction of sp³-hybridized carbons (Fsp3) is 0.182. The highest BCUT2D eigenvalue weighted by Gasteiger charge is 2.15. The molecule has 4 rings (SSSR count). The zero-order valence-electron chi connectivity index (χ0n) is 15.7. The van der Waals surface area contributed by atoms with Crippen LogP contribution in [0.1, 0.15) is 18.9 Å². The molecule has 2 heterocycles. The van der Waals surface area contributed by atoms with E-state index in [2.05, 4.69) is 11.9 Å². The van der Waals surface area contributed by atoms with Crippen molar-refractivity contribution in [3.05, 3.63) is 80.1 Å². The Kier molecular flexibility index (Phi) is 5.90. The molecule has 0 aliphatic carbocycles. The molecule has 0 aliphatic rings. The predicted octanol–water partition coefficient (Wildman–Crippen LogP) is 6.27. The van der Waals surface area contributed by atoms with Crippen molar-refractivity contribution < 1.29 is 4.74 Å². The highest BCUT2D eigenvalue weighted by Crippen LogP contribution is 2.32. The van der Waals surface area contributed by atoms with Crippen molar-refractivity contribution in [2.45, 2.75) is 19.9 Å². The summed E-state index contributed by atoms with van der Waals surface area (Å²) in [6.07, 6.45) is 2.50. The molecule has 2 aromatic carbocycles. The summed E-state index contributed by atoms with van der Waals surface area (Å²) in [4.78, 5) is 18.4. The molecule has 0 saturated heterocycles. The number of benzene rings is 2. The molecule has 7 heteroatoms. The number of halogens is 2. The van der Waals surface area contributed by atoms with E-state index >= 15 is 0 Å². The first-order chi connectivity index (χ1) is 14.1. The second kappa shape index (κ2) is 8.57.